The van der Waals surface area contributed by atoms with Gasteiger partial charge in [0.15, 0.2) is 0 Å². The number of rotatable bonds is 9. The molecule has 0 spiro atoms. The SMILES string of the molecule is COCCC(CO)NCc1cccc(COC)c1. The lowest BCUT2D eigenvalue weighted by Crippen LogP contribution is -2.33. The van der Waals surface area contributed by atoms with Crippen LogP contribution in [0.5, 0.6) is 0 Å². The molecule has 0 aliphatic rings. The van der Waals surface area contributed by atoms with Crippen LogP contribution in [0.15, 0.2) is 24.3 Å². The Bertz CT molecular complexity index is 331. The van der Waals surface area contributed by atoms with Crippen molar-refractivity contribution in [3.63, 3.8) is 0 Å². The van der Waals surface area contributed by atoms with Gasteiger partial charge in [0.05, 0.1) is 13.2 Å². The highest BCUT2D eigenvalue weighted by atomic mass is 16.5. The van der Waals surface area contributed by atoms with Crippen molar-refractivity contribution < 1.29 is 14.6 Å². The summed E-state index contributed by atoms with van der Waals surface area (Å²) in [6.45, 7) is 2.15. The average Bonchev–Trinajstić information content (AvgIpc) is 2.40. The maximum Gasteiger partial charge on any atom is 0.0713 e. The zero-order chi connectivity index (χ0) is 13.2. The highest BCUT2D eigenvalue weighted by Crippen LogP contribution is 2.07. The first-order valence-corrected chi connectivity index (χ1v) is 6.20. The zero-order valence-electron chi connectivity index (χ0n) is 11.2. The standard InChI is InChI=1S/C14H23NO3/c1-17-7-6-14(10-16)15-9-12-4-3-5-13(8-12)11-18-2/h3-5,8,14-16H,6-7,9-11H2,1-2H3. The summed E-state index contributed by atoms with van der Waals surface area (Å²) in [7, 11) is 3.36. The second-order valence-electron chi connectivity index (χ2n) is 4.29. The Balaban J connectivity index is 2.43. The van der Waals surface area contributed by atoms with Crippen molar-refractivity contribution in [1.82, 2.24) is 5.32 Å². The summed E-state index contributed by atoms with van der Waals surface area (Å²) in [5, 5.41) is 12.6. The van der Waals surface area contributed by atoms with E-state index in [-0.39, 0.29) is 12.6 Å². The summed E-state index contributed by atoms with van der Waals surface area (Å²) in [5.74, 6) is 0. The summed E-state index contributed by atoms with van der Waals surface area (Å²) >= 11 is 0. The van der Waals surface area contributed by atoms with E-state index in [9.17, 15) is 5.11 Å². The lowest BCUT2D eigenvalue weighted by Gasteiger charge is -2.16. The molecule has 102 valence electrons. The smallest absolute Gasteiger partial charge is 0.0713 e. The van der Waals surface area contributed by atoms with Crippen LogP contribution in [0.1, 0.15) is 17.5 Å². The minimum Gasteiger partial charge on any atom is -0.395 e. The summed E-state index contributed by atoms with van der Waals surface area (Å²) in [6, 6.07) is 8.32. The van der Waals surface area contributed by atoms with Crippen LogP contribution in [-0.2, 0) is 22.6 Å². The van der Waals surface area contributed by atoms with E-state index >= 15 is 0 Å². The molecule has 0 heterocycles. The molecule has 1 aromatic carbocycles. The van der Waals surface area contributed by atoms with Crippen molar-refractivity contribution in [2.75, 3.05) is 27.4 Å². The summed E-state index contributed by atoms with van der Waals surface area (Å²) < 4.78 is 10.1. The third-order valence-electron chi connectivity index (χ3n) is 2.79. The quantitative estimate of drug-likeness (QED) is 0.697. The number of ether oxygens (including phenoxy) is 2. The fourth-order valence-corrected chi connectivity index (χ4v) is 1.78. The molecule has 4 nitrogen and oxygen atoms in total. The van der Waals surface area contributed by atoms with Gasteiger partial charge in [-0.2, -0.15) is 0 Å². The molecule has 0 saturated heterocycles. The maximum absolute atomic E-state index is 9.23. The maximum atomic E-state index is 9.23. The van der Waals surface area contributed by atoms with Crippen LogP contribution in [0.3, 0.4) is 0 Å². The van der Waals surface area contributed by atoms with E-state index < -0.39 is 0 Å². The number of benzene rings is 1. The molecule has 1 aromatic rings. The van der Waals surface area contributed by atoms with E-state index in [0.29, 0.717) is 13.2 Å². The minimum absolute atomic E-state index is 0.0797. The van der Waals surface area contributed by atoms with Crippen molar-refractivity contribution in [3.8, 4) is 0 Å². The molecule has 0 radical (unpaired) electrons. The average molecular weight is 253 g/mol. The second kappa shape index (κ2) is 9.05. The lowest BCUT2D eigenvalue weighted by molar-refractivity contribution is 0.159. The third-order valence-corrected chi connectivity index (χ3v) is 2.79. The fourth-order valence-electron chi connectivity index (χ4n) is 1.78. The van der Waals surface area contributed by atoms with Gasteiger partial charge in [0.2, 0.25) is 0 Å². The first-order valence-electron chi connectivity index (χ1n) is 6.20. The Morgan fingerprint density at radius 2 is 2.00 bits per heavy atom. The predicted octanol–water partition coefficient (Wildman–Crippen LogP) is 1.32. The van der Waals surface area contributed by atoms with Crippen LogP contribution in [0.4, 0.5) is 0 Å². The summed E-state index contributed by atoms with van der Waals surface area (Å²) in [5.41, 5.74) is 2.36. The Morgan fingerprint density at radius 3 is 2.67 bits per heavy atom. The number of nitrogens with one attached hydrogen (secondary N) is 1. The normalized spacial score (nSPS) is 12.6. The van der Waals surface area contributed by atoms with Crippen molar-refractivity contribution in [1.29, 1.82) is 0 Å². The van der Waals surface area contributed by atoms with E-state index in [1.807, 2.05) is 12.1 Å². The zero-order valence-corrected chi connectivity index (χ0v) is 11.2. The molecular formula is C14H23NO3. The Kier molecular flexibility index (Phi) is 7.60. The van der Waals surface area contributed by atoms with Crippen molar-refractivity contribution in [2.24, 2.45) is 0 Å². The van der Waals surface area contributed by atoms with Crippen LogP contribution in [0.25, 0.3) is 0 Å². The molecule has 0 fully saturated rings. The van der Waals surface area contributed by atoms with Gasteiger partial charge in [-0.25, -0.2) is 0 Å². The molecule has 18 heavy (non-hydrogen) atoms. The largest absolute Gasteiger partial charge is 0.395 e. The van der Waals surface area contributed by atoms with E-state index in [1.54, 1.807) is 14.2 Å². The Morgan fingerprint density at radius 1 is 1.22 bits per heavy atom. The Hall–Kier alpha value is -0.940. The molecule has 0 amide bonds. The molecule has 1 rings (SSSR count). The van der Waals surface area contributed by atoms with Gasteiger partial charge >= 0.3 is 0 Å². The minimum atomic E-state index is 0.0797. The number of methoxy groups -OCH3 is 2. The topological polar surface area (TPSA) is 50.7 Å². The first-order chi connectivity index (χ1) is 8.80. The van der Waals surface area contributed by atoms with E-state index in [0.717, 1.165) is 18.5 Å². The molecular weight excluding hydrogens is 230 g/mol. The van der Waals surface area contributed by atoms with Crippen LogP contribution in [-0.4, -0.2) is 38.6 Å². The van der Waals surface area contributed by atoms with Crippen LogP contribution in [0, 0.1) is 0 Å². The summed E-state index contributed by atoms with van der Waals surface area (Å²) in [4.78, 5) is 0. The van der Waals surface area contributed by atoms with E-state index in [4.69, 9.17) is 9.47 Å². The summed E-state index contributed by atoms with van der Waals surface area (Å²) in [6.07, 6.45) is 0.810. The number of hydrogen-bond acceptors (Lipinski definition) is 4. The number of aliphatic hydroxyl groups excluding tert-OH is 1. The highest BCUT2D eigenvalue weighted by molar-refractivity contribution is 5.22. The molecule has 1 unspecified atom stereocenters. The molecule has 2 N–H and O–H groups in total. The number of aliphatic hydroxyl groups is 1. The van der Waals surface area contributed by atoms with Crippen molar-refractivity contribution in [2.45, 2.75) is 25.6 Å². The van der Waals surface area contributed by atoms with Gasteiger partial charge in [-0.15, -0.1) is 0 Å². The Labute approximate surface area is 109 Å². The van der Waals surface area contributed by atoms with Gasteiger partial charge in [0.25, 0.3) is 0 Å². The molecule has 0 aliphatic heterocycles. The molecule has 0 saturated carbocycles. The van der Waals surface area contributed by atoms with Crippen LogP contribution < -0.4 is 5.32 Å². The van der Waals surface area contributed by atoms with Crippen LogP contribution in [0.2, 0.25) is 0 Å². The van der Waals surface area contributed by atoms with E-state index in [1.165, 1.54) is 5.56 Å². The molecule has 0 aromatic heterocycles. The fraction of sp³-hybridized carbons (Fsp3) is 0.571. The lowest BCUT2D eigenvalue weighted by atomic mass is 10.1. The second-order valence-corrected chi connectivity index (χ2v) is 4.29. The van der Waals surface area contributed by atoms with Gasteiger partial charge in [-0.1, -0.05) is 24.3 Å². The van der Waals surface area contributed by atoms with Crippen molar-refractivity contribution in [3.05, 3.63) is 35.4 Å². The van der Waals surface area contributed by atoms with E-state index in [2.05, 4.69) is 17.4 Å². The van der Waals surface area contributed by atoms with Gasteiger partial charge in [0, 0.05) is 33.4 Å². The number of hydrogen-bond donors (Lipinski definition) is 2. The van der Waals surface area contributed by atoms with Crippen molar-refractivity contribution >= 4 is 0 Å². The monoisotopic (exact) mass is 253 g/mol. The highest BCUT2D eigenvalue weighted by Gasteiger charge is 2.06. The molecule has 0 aliphatic carbocycles. The molecule has 4 heteroatoms. The predicted molar refractivity (Wildman–Crippen MR) is 71.4 cm³/mol. The first kappa shape index (κ1) is 15.1. The van der Waals surface area contributed by atoms with Gasteiger partial charge in [0.1, 0.15) is 0 Å². The van der Waals surface area contributed by atoms with Gasteiger partial charge < -0.3 is 19.9 Å². The molecule has 0 bridgehead atoms. The molecule has 1 atom stereocenters. The van der Waals surface area contributed by atoms with Gasteiger partial charge in [-0.3, -0.25) is 0 Å². The third kappa shape index (κ3) is 5.60. The van der Waals surface area contributed by atoms with Gasteiger partial charge in [-0.05, 0) is 17.5 Å². The van der Waals surface area contributed by atoms with Crippen LogP contribution >= 0.6 is 0 Å².